The van der Waals surface area contributed by atoms with Crippen LogP contribution >= 0.6 is 0 Å². The second-order valence-corrected chi connectivity index (χ2v) is 8.64. The number of hydrogen-bond acceptors (Lipinski definition) is 6. The van der Waals surface area contributed by atoms with Crippen LogP contribution in [0.5, 0.6) is 5.75 Å². The number of anilines is 1. The molecule has 36 heavy (non-hydrogen) atoms. The van der Waals surface area contributed by atoms with E-state index in [1.54, 1.807) is 13.2 Å². The van der Waals surface area contributed by atoms with Gasteiger partial charge in [-0.05, 0) is 23.3 Å². The van der Waals surface area contributed by atoms with E-state index >= 15 is 0 Å². The van der Waals surface area contributed by atoms with Gasteiger partial charge in [-0.1, -0.05) is 78.9 Å². The van der Waals surface area contributed by atoms with Crippen molar-refractivity contribution in [3.8, 4) is 11.8 Å². The Balaban J connectivity index is 1.33. The predicted octanol–water partition coefficient (Wildman–Crippen LogP) is 5.64. The van der Waals surface area contributed by atoms with Crippen LogP contribution in [0.4, 0.5) is 5.88 Å². The Bertz CT molecular complexity index is 1310. The van der Waals surface area contributed by atoms with E-state index in [1.165, 1.54) is 11.1 Å². The van der Waals surface area contributed by atoms with Gasteiger partial charge in [-0.2, -0.15) is 10.2 Å². The van der Waals surface area contributed by atoms with Gasteiger partial charge < -0.3 is 14.1 Å². The maximum Gasteiger partial charge on any atom is 0.235 e. The second-order valence-electron chi connectivity index (χ2n) is 8.64. The first-order valence-electron chi connectivity index (χ1n) is 12.1. The maximum absolute atomic E-state index is 9.71. The van der Waals surface area contributed by atoms with E-state index in [-0.39, 0.29) is 6.04 Å². The van der Waals surface area contributed by atoms with Crippen molar-refractivity contribution >= 4 is 18.0 Å². The Morgan fingerprint density at radius 2 is 1.47 bits per heavy atom. The minimum atomic E-state index is 0.180. The van der Waals surface area contributed by atoms with Gasteiger partial charge in [0, 0.05) is 37.8 Å². The van der Waals surface area contributed by atoms with Gasteiger partial charge in [-0.15, -0.1) is 0 Å². The number of para-hydroxylation sites is 1. The Morgan fingerprint density at radius 1 is 0.861 bits per heavy atom. The highest BCUT2D eigenvalue weighted by Crippen LogP contribution is 2.31. The second kappa shape index (κ2) is 10.9. The highest BCUT2D eigenvalue weighted by atomic mass is 16.5. The molecule has 6 heteroatoms. The average molecular weight is 477 g/mol. The van der Waals surface area contributed by atoms with E-state index in [0.29, 0.717) is 17.5 Å². The molecule has 0 bridgehead atoms. The lowest BCUT2D eigenvalue weighted by Crippen LogP contribution is -2.48. The predicted molar refractivity (Wildman–Crippen MR) is 142 cm³/mol. The molecule has 1 aromatic heterocycles. The molecular weight excluding hydrogens is 448 g/mol. The van der Waals surface area contributed by atoms with Crippen molar-refractivity contribution in [2.45, 2.75) is 6.04 Å². The van der Waals surface area contributed by atoms with E-state index in [4.69, 9.17) is 9.15 Å². The zero-order valence-electron chi connectivity index (χ0n) is 20.2. The lowest BCUT2D eigenvalue weighted by molar-refractivity contribution is 0.209. The summed E-state index contributed by atoms with van der Waals surface area (Å²) in [7, 11) is 1.64. The van der Waals surface area contributed by atoms with Crippen LogP contribution in [0.15, 0.2) is 89.3 Å². The summed E-state index contributed by atoms with van der Waals surface area (Å²) in [6.45, 7) is 3.17. The van der Waals surface area contributed by atoms with Gasteiger partial charge in [0.1, 0.15) is 11.8 Å². The number of ether oxygens (including phenoxy) is 1. The molecule has 6 nitrogen and oxygen atoms in total. The van der Waals surface area contributed by atoms with Gasteiger partial charge in [0.15, 0.2) is 0 Å². The molecule has 1 aliphatic rings. The first-order chi connectivity index (χ1) is 17.8. The van der Waals surface area contributed by atoms with Gasteiger partial charge in [-0.3, -0.25) is 4.90 Å². The zero-order valence-corrected chi connectivity index (χ0v) is 20.2. The Morgan fingerprint density at radius 3 is 2.08 bits per heavy atom. The highest BCUT2D eigenvalue weighted by molar-refractivity contribution is 5.70. The van der Waals surface area contributed by atoms with Gasteiger partial charge in [0.05, 0.1) is 13.2 Å². The third-order valence-electron chi connectivity index (χ3n) is 6.47. The van der Waals surface area contributed by atoms with Crippen molar-refractivity contribution in [2.75, 3.05) is 38.2 Å². The minimum Gasteiger partial charge on any atom is -0.496 e. The van der Waals surface area contributed by atoms with Gasteiger partial charge in [-0.25, -0.2) is 0 Å². The van der Waals surface area contributed by atoms with Crippen molar-refractivity contribution < 1.29 is 9.15 Å². The van der Waals surface area contributed by atoms with Crippen molar-refractivity contribution in [2.24, 2.45) is 0 Å². The molecule has 0 unspecified atom stereocenters. The topological polar surface area (TPSA) is 65.5 Å². The summed E-state index contributed by atoms with van der Waals surface area (Å²) in [6, 6.07) is 31.3. The van der Waals surface area contributed by atoms with Gasteiger partial charge >= 0.3 is 0 Å². The smallest absolute Gasteiger partial charge is 0.235 e. The third-order valence-corrected chi connectivity index (χ3v) is 6.47. The van der Waals surface area contributed by atoms with Gasteiger partial charge in [0.25, 0.3) is 0 Å². The molecule has 3 aromatic carbocycles. The number of methoxy groups -OCH3 is 1. The quantitative estimate of drug-likeness (QED) is 0.344. The lowest BCUT2D eigenvalue weighted by Gasteiger charge is -2.39. The Kier molecular flexibility index (Phi) is 7.11. The number of nitrogens with zero attached hydrogens (tertiary/aromatic N) is 4. The lowest BCUT2D eigenvalue weighted by atomic mass is 9.96. The molecule has 0 aliphatic carbocycles. The van der Waals surface area contributed by atoms with Crippen LogP contribution in [0.1, 0.15) is 34.3 Å². The summed E-state index contributed by atoms with van der Waals surface area (Å²) < 4.78 is 11.5. The van der Waals surface area contributed by atoms with Crippen molar-refractivity contribution in [3.63, 3.8) is 0 Å². The summed E-state index contributed by atoms with van der Waals surface area (Å²) in [5.74, 6) is 1.71. The van der Waals surface area contributed by atoms with Gasteiger partial charge in [0.2, 0.25) is 17.5 Å². The molecule has 5 rings (SSSR count). The molecule has 1 aliphatic heterocycles. The van der Waals surface area contributed by atoms with Crippen LogP contribution in [0.3, 0.4) is 0 Å². The first-order valence-corrected chi connectivity index (χ1v) is 12.1. The zero-order chi connectivity index (χ0) is 24.7. The summed E-state index contributed by atoms with van der Waals surface area (Å²) >= 11 is 0. The minimum absolute atomic E-state index is 0.180. The van der Waals surface area contributed by atoms with E-state index in [0.717, 1.165) is 37.5 Å². The molecule has 0 spiro atoms. The number of rotatable bonds is 7. The fourth-order valence-corrected chi connectivity index (χ4v) is 4.72. The third kappa shape index (κ3) is 5.02. The molecule has 0 amide bonds. The molecule has 180 valence electrons. The van der Waals surface area contributed by atoms with E-state index in [9.17, 15) is 5.26 Å². The van der Waals surface area contributed by atoms with Crippen LogP contribution < -0.4 is 9.64 Å². The maximum atomic E-state index is 9.71. The normalized spacial score (nSPS) is 14.3. The largest absolute Gasteiger partial charge is 0.496 e. The van der Waals surface area contributed by atoms with Crippen LogP contribution in [-0.4, -0.2) is 43.2 Å². The fourth-order valence-electron chi connectivity index (χ4n) is 4.72. The Labute approximate surface area is 211 Å². The SMILES string of the molecule is COc1ccccc1/C=C/c1nc(C#N)c(N2CCN(C(c3ccccc3)c3ccccc3)CC2)o1. The number of nitriles is 1. The average Bonchev–Trinajstić information content (AvgIpc) is 3.37. The van der Waals surface area contributed by atoms with Crippen LogP contribution in [0.25, 0.3) is 12.2 Å². The number of oxazole rings is 1. The molecule has 1 saturated heterocycles. The standard InChI is InChI=1S/C30H28N4O2/c1-35-27-15-9-8-10-23(27)16-17-28-32-26(22-31)30(36-28)34-20-18-33(19-21-34)29(24-11-4-2-5-12-24)25-13-6-3-7-14-25/h2-17,29H,18-21H2,1H3/b17-16+. The van der Waals surface area contributed by atoms with E-state index in [2.05, 4.69) is 81.5 Å². The molecule has 0 saturated carbocycles. The number of aromatic nitrogens is 1. The summed E-state index contributed by atoms with van der Waals surface area (Å²) in [5.41, 5.74) is 3.78. The molecule has 0 radical (unpaired) electrons. The summed E-state index contributed by atoms with van der Waals surface area (Å²) in [4.78, 5) is 9.03. The number of benzene rings is 3. The van der Waals surface area contributed by atoms with Crippen molar-refractivity contribution in [1.29, 1.82) is 5.26 Å². The van der Waals surface area contributed by atoms with Crippen LogP contribution in [0, 0.1) is 11.3 Å². The number of hydrogen-bond donors (Lipinski definition) is 0. The Hall–Kier alpha value is -4.34. The first kappa shape index (κ1) is 23.4. The molecule has 0 atom stereocenters. The number of piperazine rings is 1. The molecule has 0 N–H and O–H groups in total. The van der Waals surface area contributed by atoms with E-state index in [1.807, 2.05) is 30.3 Å². The van der Waals surface area contributed by atoms with E-state index < -0.39 is 0 Å². The van der Waals surface area contributed by atoms with Crippen LogP contribution in [0.2, 0.25) is 0 Å². The molecule has 4 aromatic rings. The van der Waals surface area contributed by atoms with Crippen LogP contribution in [-0.2, 0) is 0 Å². The summed E-state index contributed by atoms with van der Waals surface area (Å²) in [6.07, 6.45) is 3.66. The molecule has 1 fully saturated rings. The highest BCUT2D eigenvalue weighted by Gasteiger charge is 2.29. The van der Waals surface area contributed by atoms with Crippen molar-refractivity contribution in [1.82, 2.24) is 9.88 Å². The molecule has 2 heterocycles. The summed E-state index contributed by atoms with van der Waals surface area (Å²) in [5, 5.41) is 9.71. The van der Waals surface area contributed by atoms with Crippen molar-refractivity contribution in [3.05, 3.63) is 113 Å². The fraction of sp³-hybridized carbons (Fsp3) is 0.200. The monoisotopic (exact) mass is 476 g/mol. The molecular formula is C30H28N4O2.